The first-order chi connectivity index (χ1) is 26.1. The van der Waals surface area contributed by atoms with Crippen LogP contribution in [0, 0.1) is 10.1 Å². The highest BCUT2D eigenvalue weighted by molar-refractivity contribution is 6.35. The van der Waals surface area contributed by atoms with Crippen molar-refractivity contribution < 1.29 is 4.92 Å². The molecule has 0 aliphatic carbocycles. The first kappa shape index (κ1) is 36.4. The Kier molecular flexibility index (Phi) is 10.8. The van der Waals surface area contributed by atoms with Crippen molar-refractivity contribution in [2.24, 2.45) is 0 Å². The van der Waals surface area contributed by atoms with Crippen LogP contribution in [0.1, 0.15) is 11.1 Å². The Hall–Kier alpha value is -5.92. The quantitative estimate of drug-likeness (QED) is 0.0736. The molecule has 8 rings (SSSR count). The molecular formula is C38H28Cl4N10O2. The second-order valence-corrected chi connectivity index (χ2v) is 13.5. The molecule has 0 unspecified atom stereocenters. The Morgan fingerprint density at radius 3 is 1.48 bits per heavy atom. The third kappa shape index (κ3) is 8.32. The van der Waals surface area contributed by atoms with Gasteiger partial charge in [-0.05, 0) is 59.7 Å². The molecule has 54 heavy (non-hydrogen) atoms. The molecule has 0 atom stereocenters. The Balaban J connectivity index is 0.000000167. The molecule has 0 fully saturated rings. The topological polar surface area (TPSA) is 154 Å². The van der Waals surface area contributed by atoms with Crippen molar-refractivity contribution in [3.8, 4) is 22.5 Å². The highest BCUT2D eigenvalue weighted by Gasteiger charge is 2.12. The zero-order chi connectivity index (χ0) is 37.8. The summed E-state index contributed by atoms with van der Waals surface area (Å²) in [5.41, 5.74) is 13.0. The molecule has 4 aromatic heterocycles. The fourth-order valence-electron chi connectivity index (χ4n) is 5.48. The molecule has 4 N–H and O–H groups in total. The number of nitrogens with zero attached hydrogens (tertiary/aromatic N) is 7. The Morgan fingerprint density at radius 2 is 1.06 bits per heavy atom. The Bertz CT molecular complexity index is 2610. The van der Waals surface area contributed by atoms with Gasteiger partial charge in [-0.15, -0.1) is 0 Å². The summed E-state index contributed by atoms with van der Waals surface area (Å²) in [7, 11) is 0. The fourth-order valence-corrected chi connectivity index (χ4v) is 6.43. The summed E-state index contributed by atoms with van der Waals surface area (Å²) in [6.45, 7) is 1.00. The van der Waals surface area contributed by atoms with Crippen LogP contribution < -0.4 is 16.4 Å². The van der Waals surface area contributed by atoms with Gasteiger partial charge in [-0.3, -0.25) is 10.1 Å². The van der Waals surface area contributed by atoms with Crippen LogP contribution in [-0.2, 0) is 13.1 Å². The number of nitrogens with one attached hydrogen (secondary N) is 2. The number of halogens is 4. The smallest absolute Gasteiger partial charge is 0.269 e. The van der Waals surface area contributed by atoms with E-state index in [2.05, 4.69) is 30.8 Å². The van der Waals surface area contributed by atoms with Crippen LogP contribution in [0.2, 0.25) is 20.1 Å². The zero-order valence-electron chi connectivity index (χ0n) is 28.0. The molecule has 0 saturated carbocycles. The number of nitro groups is 1. The van der Waals surface area contributed by atoms with E-state index < -0.39 is 4.92 Å². The van der Waals surface area contributed by atoms with Gasteiger partial charge in [-0.2, -0.15) is 19.2 Å². The monoisotopic (exact) mass is 796 g/mol. The third-order valence-electron chi connectivity index (χ3n) is 8.25. The van der Waals surface area contributed by atoms with Crippen LogP contribution >= 0.6 is 46.4 Å². The highest BCUT2D eigenvalue weighted by atomic mass is 35.5. The molecule has 0 amide bonds. The third-order valence-corrected chi connectivity index (χ3v) is 9.42. The van der Waals surface area contributed by atoms with E-state index in [1.807, 2.05) is 60.7 Å². The lowest BCUT2D eigenvalue weighted by atomic mass is 10.1. The average molecular weight is 799 g/mol. The predicted molar refractivity (Wildman–Crippen MR) is 215 cm³/mol. The molecule has 16 heteroatoms. The van der Waals surface area contributed by atoms with Crippen molar-refractivity contribution in [2.75, 3.05) is 16.4 Å². The van der Waals surface area contributed by atoms with Crippen LogP contribution in [0.15, 0.2) is 122 Å². The van der Waals surface area contributed by atoms with Gasteiger partial charge in [0, 0.05) is 86.4 Å². The van der Waals surface area contributed by atoms with Gasteiger partial charge >= 0.3 is 0 Å². The molecule has 0 aliphatic rings. The maximum absolute atomic E-state index is 10.9. The second kappa shape index (κ2) is 16.0. The van der Waals surface area contributed by atoms with E-state index in [0.717, 1.165) is 50.9 Å². The summed E-state index contributed by atoms with van der Waals surface area (Å²) in [5, 5.41) is 28.6. The molecule has 8 aromatic rings. The molecule has 0 aliphatic heterocycles. The summed E-state index contributed by atoms with van der Waals surface area (Å²) in [6, 6.07) is 32.1. The van der Waals surface area contributed by atoms with E-state index in [-0.39, 0.29) is 5.69 Å². The van der Waals surface area contributed by atoms with Gasteiger partial charge in [0.15, 0.2) is 11.3 Å². The zero-order valence-corrected chi connectivity index (χ0v) is 31.0. The van der Waals surface area contributed by atoms with Gasteiger partial charge in [0.05, 0.1) is 28.7 Å². The largest absolute Gasteiger partial charge is 0.399 e. The van der Waals surface area contributed by atoms with Crippen molar-refractivity contribution in [3.63, 3.8) is 0 Å². The number of anilines is 3. The second-order valence-electron chi connectivity index (χ2n) is 11.9. The van der Waals surface area contributed by atoms with E-state index in [1.54, 1.807) is 57.8 Å². The SMILES string of the molecule is Nc1ccc(-c2cc(NCc3ccc(Cl)cc3Cl)n3nccc3n2)cc1.O=[N+]([O-])c1ccc(-c2cc(NCc3ccc(Cl)cc3Cl)n3nccc3n2)cc1. The molecule has 4 aromatic carbocycles. The lowest BCUT2D eigenvalue weighted by Crippen LogP contribution is -2.07. The number of nitro benzene ring substituents is 1. The van der Waals surface area contributed by atoms with Crippen LogP contribution in [0.25, 0.3) is 33.8 Å². The number of fused-ring (bicyclic) bond motifs is 2. The van der Waals surface area contributed by atoms with Crippen LogP contribution in [-0.4, -0.2) is 34.1 Å². The summed E-state index contributed by atoms with van der Waals surface area (Å²) < 4.78 is 3.43. The Labute approximate surface area is 328 Å². The Morgan fingerprint density at radius 1 is 0.611 bits per heavy atom. The summed E-state index contributed by atoms with van der Waals surface area (Å²) in [6.07, 6.45) is 3.37. The molecular weight excluding hydrogens is 770 g/mol. The normalized spacial score (nSPS) is 11.0. The van der Waals surface area contributed by atoms with Crippen LogP contribution in [0.5, 0.6) is 0 Å². The van der Waals surface area contributed by atoms with Gasteiger partial charge in [0.25, 0.3) is 5.69 Å². The number of aromatic nitrogens is 6. The number of nitrogen functional groups attached to an aromatic ring is 1. The van der Waals surface area contributed by atoms with E-state index in [9.17, 15) is 10.1 Å². The van der Waals surface area contributed by atoms with E-state index >= 15 is 0 Å². The number of non-ortho nitro benzene ring substituents is 1. The van der Waals surface area contributed by atoms with E-state index in [4.69, 9.17) is 52.1 Å². The van der Waals surface area contributed by atoms with Crippen molar-refractivity contribution in [3.05, 3.63) is 163 Å². The van der Waals surface area contributed by atoms with Gasteiger partial charge in [0.1, 0.15) is 11.6 Å². The lowest BCUT2D eigenvalue weighted by molar-refractivity contribution is -0.384. The molecule has 270 valence electrons. The first-order valence-corrected chi connectivity index (χ1v) is 17.8. The summed E-state index contributed by atoms with van der Waals surface area (Å²) in [4.78, 5) is 19.7. The van der Waals surface area contributed by atoms with Crippen LogP contribution in [0.3, 0.4) is 0 Å². The lowest BCUT2D eigenvalue weighted by Gasteiger charge is -2.12. The number of benzene rings is 4. The van der Waals surface area contributed by atoms with Crippen molar-refractivity contribution in [2.45, 2.75) is 13.1 Å². The summed E-state index contributed by atoms with van der Waals surface area (Å²) in [5.74, 6) is 1.53. The molecule has 0 spiro atoms. The van der Waals surface area contributed by atoms with Crippen molar-refractivity contribution >= 4 is 80.7 Å². The number of nitrogens with two attached hydrogens (primary N) is 1. The number of hydrogen-bond acceptors (Lipinski definition) is 9. The molecule has 0 bridgehead atoms. The first-order valence-electron chi connectivity index (χ1n) is 16.3. The van der Waals surface area contributed by atoms with Crippen molar-refractivity contribution in [1.82, 2.24) is 29.2 Å². The van der Waals surface area contributed by atoms with E-state index in [0.29, 0.717) is 44.5 Å². The minimum absolute atomic E-state index is 0.0323. The molecule has 4 heterocycles. The minimum atomic E-state index is -0.430. The standard InChI is InChI=1S/C19H13Cl2N5O2.C19H15Cl2N5/c20-14-4-1-13(16(21)9-14)11-22-19-10-17(24-18-7-8-23-25(18)19)12-2-5-15(6-3-12)26(27)28;20-14-4-1-13(16(21)9-14)11-23-19-10-17(12-2-5-15(22)6-3-12)25-18-7-8-24-26(18)19/h1-10,22H,11H2;1-10,23H,11,22H2. The van der Waals surface area contributed by atoms with Gasteiger partial charge in [0.2, 0.25) is 0 Å². The number of rotatable bonds is 9. The predicted octanol–water partition coefficient (Wildman–Crippen LogP) is 10.1. The fraction of sp³-hybridized carbons (Fsp3) is 0.0526. The number of hydrogen-bond donors (Lipinski definition) is 3. The van der Waals surface area contributed by atoms with Crippen molar-refractivity contribution in [1.29, 1.82) is 0 Å². The minimum Gasteiger partial charge on any atom is -0.399 e. The van der Waals surface area contributed by atoms with Crippen LogP contribution in [0.4, 0.5) is 23.0 Å². The van der Waals surface area contributed by atoms with Gasteiger partial charge < -0.3 is 16.4 Å². The average Bonchev–Trinajstić information content (AvgIpc) is 3.85. The highest BCUT2D eigenvalue weighted by Crippen LogP contribution is 2.28. The summed E-state index contributed by atoms with van der Waals surface area (Å²) >= 11 is 24.4. The maximum Gasteiger partial charge on any atom is 0.269 e. The maximum atomic E-state index is 10.9. The van der Waals surface area contributed by atoms with Gasteiger partial charge in [-0.25, -0.2) is 9.97 Å². The van der Waals surface area contributed by atoms with E-state index in [1.165, 1.54) is 12.1 Å². The molecule has 0 saturated heterocycles. The molecule has 0 radical (unpaired) electrons. The molecule has 12 nitrogen and oxygen atoms in total. The van der Waals surface area contributed by atoms with Gasteiger partial charge in [-0.1, -0.05) is 70.7 Å².